The standard InChI is InChI=1S/C19H30N2O4S/c1-16-6-7-17(20-15-19(24-2)8-12-25-13-9-19)14-18(16)26(22,23)21-10-4-3-5-11-21/h6-7,14,20H,3-5,8-13,15H2,1-2H3. The summed E-state index contributed by atoms with van der Waals surface area (Å²) in [6.07, 6.45) is 4.65. The Morgan fingerprint density at radius 3 is 2.54 bits per heavy atom. The van der Waals surface area contributed by atoms with Crippen LogP contribution in [0.15, 0.2) is 23.1 Å². The van der Waals surface area contributed by atoms with Gasteiger partial charge in [-0.3, -0.25) is 0 Å². The molecule has 0 bridgehead atoms. The third-order valence-electron chi connectivity index (χ3n) is 5.57. The van der Waals surface area contributed by atoms with E-state index in [1.165, 1.54) is 0 Å². The van der Waals surface area contributed by atoms with Gasteiger partial charge in [-0.05, 0) is 37.5 Å². The minimum Gasteiger partial charge on any atom is -0.382 e. The highest BCUT2D eigenvalue weighted by Crippen LogP contribution is 2.28. The second-order valence-corrected chi connectivity index (χ2v) is 9.20. The SMILES string of the molecule is COC1(CNc2ccc(C)c(S(=O)(=O)N3CCCCC3)c2)CCOCC1. The van der Waals surface area contributed by atoms with Gasteiger partial charge in [0.2, 0.25) is 10.0 Å². The Kier molecular flexibility index (Phi) is 6.22. The van der Waals surface area contributed by atoms with Gasteiger partial charge in [-0.25, -0.2) is 8.42 Å². The number of nitrogens with one attached hydrogen (secondary N) is 1. The van der Waals surface area contributed by atoms with Crippen LogP contribution < -0.4 is 5.32 Å². The number of rotatable bonds is 6. The van der Waals surface area contributed by atoms with Crippen LogP contribution in [-0.2, 0) is 19.5 Å². The van der Waals surface area contributed by atoms with Crippen LogP contribution in [0.25, 0.3) is 0 Å². The van der Waals surface area contributed by atoms with Gasteiger partial charge in [0.05, 0.1) is 10.5 Å². The fourth-order valence-electron chi connectivity index (χ4n) is 3.69. The Bertz CT molecular complexity index is 708. The summed E-state index contributed by atoms with van der Waals surface area (Å²) in [6, 6.07) is 5.58. The second kappa shape index (κ2) is 8.25. The topological polar surface area (TPSA) is 67.9 Å². The first-order valence-electron chi connectivity index (χ1n) is 9.44. The lowest BCUT2D eigenvalue weighted by Crippen LogP contribution is -2.44. The van der Waals surface area contributed by atoms with E-state index in [2.05, 4.69) is 5.32 Å². The summed E-state index contributed by atoms with van der Waals surface area (Å²) in [5.41, 5.74) is 1.34. The molecule has 0 saturated carbocycles. The third kappa shape index (κ3) is 4.22. The molecule has 0 aliphatic carbocycles. The first-order valence-corrected chi connectivity index (χ1v) is 10.9. The molecule has 0 aromatic heterocycles. The third-order valence-corrected chi connectivity index (χ3v) is 7.61. The van der Waals surface area contributed by atoms with Gasteiger partial charge in [0.25, 0.3) is 0 Å². The van der Waals surface area contributed by atoms with Crippen molar-refractivity contribution in [1.82, 2.24) is 4.31 Å². The van der Waals surface area contributed by atoms with Crippen LogP contribution in [0.4, 0.5) is 5.69 Å². The summed E-state index contributed by atoms with van der Waals surface area (Å²) in [4.78, 5) is 0.405. The first-order chi connectivity index (χ1) is 12.5. The van der Waals surface area contributed by atoms with Crippen LogP contribution in [-0.4, -0.2) is 58.3 Å². The minimum atomic E-state index is -3.44. The average molecular weight is 383 g/mol. The maximum absolute atomic E-state index is 13.0. The maximum atomic E-state index is 13.0. The largest absolute Gasteiger partial charge is 0.382 e. The van der Waals surface area contributed by atoms with Crippen molar-refractivity contribution in [3.63, 3.8) is 0 Å². The van der Waals surface area contributed by atoms with E-state index in [4.69, 9.17) is 9.47 Å². The van der Waals surface area contributed by atoms with E-state index in [0.717, 1.165) is 43.4 Å². The van der Waals surface area contributed by atoms with Crippen LogP contribution in [0.5, 0.6) is 0 Å². The van der Waals surface area contributed by atoms with Crippen molar-refractivity contribution in [2.24, 2.45) is 0 Å². The molecule has 1 N–H and O–H groups in total. The second-order valence-electron chi connectivity index (χ2n) is 7.30. The van der Waals surface area contributed by atoms with Gasteiger partial charge >= 0.3 is 0 Å². The number of piperidine rings is 1. The molecule has 1 aromatic rings. The van der Waals surface area contributed by atoms with Gasteiger partial charge in [-0.1, -0.05) is 12.5 Å². The number of ether oxygens (including phenoxy) is 2. The fourth-order valence-corrected chi connectivity index (χ4v) is 5.46. The Balaban J connectivity index is 1.77. The van der Waals surface area contributed by atoms with E-state index >= 15 is 0 Å². The van der Waals surface area contributed by atoms with Crippen LogP contribution in [0.2, 0.25) is 0 Å². The first kappa shape index (κ1) is 19.6. The predicted octanol–water partition coefficient (Wildman–Crippen LogP) is 2.78. The molecule has 7 heteroatoms. The Morgan fingerprint density at radius 2 is 1.88 bits per heavy atom. The fraction of sp³-hybridized carbons (Fsp3) is 0.684. The number of benzene rings is 1. The molecule has 2 saturated heterocycles. The number of aryl methyl sites for hydroxylation is 1. The van der Waals surface area contributed by atoms with Gasteiger partial charge < -0.3 is 14.8 Å². The molecule has 0 spiro atoms. The molecule has 146 valence electrons. The lowest BCUT2D eigenvalue weighted by molar-refractivity contribution is -0.0807. The van der Waals surface area contributed by atoms with E-state index in [9.17, 15) is 8.42 Å². The molecule has 2 fully saturated rings. The zero-order valence-electron chi connectivity index (χ0n) is 15.8. The van der Waals surface area contributed by atoms with Gasteiger partial charge in [-0.2, -0.15) is 4.31 Å². The van der Waals surface area contributed by atoms with E-state index in [1.807, 2.05) is 19.1 Å². The summed E-state index contributed by atoms with van der Waals surface area (Å²) >= 11 is 0. The molecule has 2 aliphatic heterocycles. The number of hydrogen-bond donors (Lipinski definition) is 1. The van der Waals surface area contributed by atoms with E-state index < -0.39 is 10.0 Å². The van der Waals surface area contributed by atoms with Crippen molar-refractivity contribution in [3.8, 4) is 0 Å². The van der Waals surface area contributed by atoms with Crippen molar-refractivity contribution in [1.29, 1.82) is 0 Å². The summed E-state index contributed by atoms with van der Waals surface area (Å²) in [7, 11) is -1.71. The number of sulfonamides is 1. The molecule has 0 atom stereocenters. The van der Waals surface area contributed by atoms with Gasteiger partial charge in [0.1, 0.15) is 0 Å². The summed E-state index contributed by atoms with van der Waals surface area (Å²) < 4.78 is 38.9. The molecular formula is C19H30N2O4S. The Hall–Kier alpha value is -1.15. The molecule has 26 heavy (non-hydrogen) atoms. The molecule has 0 radical (unpaired) electrons. The highest BCUT2D eigenvalue weighted by molar-refractivity contribution is 7.89. The van der Waals surface area contributed by atoms with Gasteiger partial charge in [-0.15, -0.1) is 0 Å². The summed E-state index contributed by atoms with van der Waals surface area (Å²) in [6.45, 7) is 5.11. The van der Waals surface area contributed by atoms with Crippen LogP contribution >= 0.6 is 0 Å². The molecule has 0 unspecified atom stereocenters. The Morgan fingerprint density at radius 1 is 1.19 bits per heavy atom. The van der Waals surface area contributed by atoms with Crippen molar-refractivity contribution in [3.05, 3.63) is 23.8 Å². The lowest BCUT2D eigenvalue weighted by Gasteiger charge is -2.36. The summed E-state index contributed by atoms with van der Waals surface area (Å²) in [5, 5.41) is 3.39. The van der Waals surface area contributed by atoms with Crippen LogP contribution in [0, 0.1) is 6.92 Å². The molecule has 2 aliphatic rings. The molecule has 3 rings (SSSR count). The smallest absolute Gasteiger partial charge is 0.243 e. The molecule has 2 heterocycles. The predicted molar refractivity (Wildman–Crippen MR) is 102 cm³/mol. The number of anilines is 1. The van der Waals surface area contributed by atoms with Crippen molar-refractivity contribution >= 4 is 15.7 Å². The van der Waals surface area contributed by atoms with Crippen molar-refractivity contribution in [2.75, 3.05) is 45.3 Å². The molecule has 1 aromatic carbocycles. The number of methoxy groups -OCH3 is 1. The quantitative estimate of drug-likeness (QED) is 0.819. The number of nitrogens with zero attached hydrogens (tertiary/aromatic N) is 1. The molecule has 6 nitrogen and oxygen atoms in total. The molecular weight excluding hydrogens is 352 g/mol. The van der Waals surface area contributed by atoms with Gasteiger partial charge in [0.15, 0.2) is 0 Å². The summed E-state index contributed by atoms with van der Waals surface area (Å²) in [5.74, 6) is 0. The normalized spacial score (nSPS) is 21.5. The zero-order valence-corrected chi connectivity index (χ0v) is 16.6. The highest BCUT2D eigenvalue weighted by Gasteiger charge is 2.32. The van der Waals surface area contributed by atoms with Crippen molar-refractivity contribution in [2.45, 2.75) is 49.5 Å². The van der Waals surface area contributed by atoms with E-state index in [0.29, 0.717) is 37.7 Å². The van der Waals surface area contributed by atoms with Crippen molar-refractivity contribution < 1.29 is 17.9 Å². The monoisotopic (exact) mass is 382 g/mol. The minimum absolute atomic E-state index is 0.255. The highest BCUT2D eigenvalue weighted by atomic mass is 32.2. The lowest BCUT2D eigenvalue weighted by atomic mass is 9.94. The van der Waals surface area contributed by atoms with Crippen LogP contribution in [0.1, 0.15) is 37.7 Å². The molecule has 0 amide bonds. The van der Waals surface area contributed by atoms with E-state index in [1.54, 1.807) is 17.5 Å². The maximum Gasteiger partial charge on any atom is 0.243 e. The van der Waals surface area contributed by atoms with Crippen LogP contribution in [0.3, 0.4) is 0 Å². The van der Waals surface area contributed by atoms with Gasteiger partial charge in [0, 0.05) is 58.5 Å². The van der Waals surface area contributed by atoms with E-state index in [-0.39, 0.29) is 5.60 Å². The zero-order chi connectivity index (χ0) is 18.6. The number of hydrogen-bond acceptors (Lipinski definition) is 5. The average Bonchev–Trinajstić information content (AvgIpc) is 2.68. The Labute approximate surface area is 156 Å².